The third-order valence-electron chi connectivity index (χ3n) is 5.90. The van der Waals surface area contributed by atoms with Crippen LogP contribution in [0.15, 0.2) is 51.4 Å². The van der Waals surface area contributed by atoms with Crippen molar-refractivity contribution in [3.05, 3.63) is 68.2 Å². The molecule has 1 aliphatic heterocycles. The number of aromatic nitrogens is 4. The molecule has 33 heavy (non-hydrogen) atoms. The van der Waals surface area contributed by atoms with E-state index in [0.717, 1.165) is 30.4 Å². The van der Waals surface area contributed by atoms with Gasteiger partial charge in [0.1, 0.15) is 11.2 Å². The highest BCUT2D eigenvalue weighted by atomic mass is 32.1. The van der Waals surface area contributed by atoms with Gasteiger partial charge in [-0.3, -0.25) is 14.2 Å². The third kappa shape index (κ3) is 4.36. The number of hydrogen-bond donors (Lipinski definition) is 1. The number of amides is 1. The standard InChI is InChI=1S/C23H25N5O4S/c29-19(24-11-4-8-16-6-2-1-3-7-16)15-27-23(31)28-18-10-13-33-20(18)21(30)26(22(28)25-27)14-17-9-5-12-32-17/h1-3,6-7,10,13,17H,4-5,8-9,11-12,14-15H2,(H,24,29)/t17-/m0/s1. The number of hydrogen-bond acceptors (Lipinski definition) is 6. The average Bonchev–Trinajstić information content (AvgIpc) is 3.56. The van der Waals surface area contributed by atoms with Gasteiger partial charge < -0.3 is 10.1 Å². The van der Waals surface area contributed by atoms with Crippen LogP contribution in [0.4, 0.5) is 0 Å². The first-order chi connectivity index (χ1) is 16.1. The van der Waals surface area contributed by atoms with E-state index in [1.165, 1.54) is 25.9 Å². The zero-order chi connectivity index (χ0) is 22.8. The van der Waals surface area contributed by atoms with Gasteiger partial charge in [-0.1, -0.05) is 30.3 Å². The van der Waals surface area contributed by atoms with Gasteiger partial charge in [-0.25, -0.2) is 13.9 Å². The predicted octanol–water partition coefficient (Wildman–Crippen LogP) is 1.80. The molecule has 3 aromatic heterocycles. The fraction of sp³-hybridized carbons (Fsp3) is 0.391. The maximum absolute atomic E-state index is 13.1. The number of benzene rings is 1. The topological polar surface area (TPSA) is 99.6 Å². The summed E-state index contributed by atoms with van der Waals surface area (Å²) in [5.74, 6) is -0.0496. The molecule has 1 fully saturated rings. The molecule has 0 spiro atoms. The van der Waals surface area contributed by atoms with Crippen LogP contribution in [-0.2, 0) is 29.0 Å². The summed E-state index contributed by atoms with van der Waals surface area (Å²) in [6.07, 6.45) is 3.38. The monoisotopic (exact) mass is 467 g/mol. The molecule has 0 saturated carbocycles. The Bertz CT molecular complexity index is 1400. The first-order valence-electron chi connectivity index (χ1n) is 11.1. The Hall–Kier alpha value is -3.24. The van der Waals surface area contributed by atoms with E-state index in [4.69, 9.17) is 4.74 Å². The number of carbonyl (C=O) groups is 1. The van der Waals surface area contributed by atoms with Crippen molar-refractivity contribution in [3.8, 4) is 0 Å². The number of carbonyl (C=O) groups excluding carboxylic acids is 1. The second kappa shape index (κ2) is 9.32. The minimum absolute atomic E-state index is 0.0860. The molecule has 1 atom stereocenters. The van der Waals surface area contributed by atoms with E-state index in [9.17, 15) is 14.4 Å². The number of rotatable bonds is 8. The maximum atomic E-state index is 13.1. The van der Waals surface area contributed by atoms with E-state index >= 15 is 0 Å². The summed E-state index contributed by atoms with van der Waals surface area (Å²) in [7, 11) is 0. The average molecular weight is 468 g/mol. The second-order valence-corrected chi connectivity index (χ2v) is 9.12. The Morgan fingerprint density at radius 3 is 2.85 bits per heavy atom. The van der Waals surface area contributed by atoms with Gasteiger partial charge in [0, 0.05) is 13.2 Å². The van der Waals surface area contributed by atoms with Crippen molar-refractivity contribution in [2.75, 3.05) is 13.2 Å². The van der Waals surface area contributed by atoms with E-state index in [0.29, 0.717) is 29.9 Å². The molecule has 172 valence electrons. The van der Waals surface area contributed by atoms with Crippen molar-refractivity contribution in [1.29, 1.82) is 0 Å². The number of fused-ring (bicyclic) bond motifs is 3. The molecule has 1 amide bonds. The molecule has 0 bridgehead atoms. The molecule has 1 aromatic carbocycles. The minimum Gasteiger partial charge on any atom is -0.376 e. The summed E-state index contributed by atoms with van der Waals surface area (Å²) >= 11 is 1.29. The van der Waals surface area contributed by atoms with Crippen LogP contribution in [0.25, 0.3) is 16.0 Å². The Labute approximate surface area is 193 Å². The first-order valence-corrected chi connectivity index (χ1v) is 12.0. The van der Waals surface area contributed by atoms with Crippen molar-refractivity contribution in [3.63, 3.8) is 0 Å². The Morgan fingerprint density at radius 1 is 1.21 bits per heavy atom. The molecule has 1 aliphatic rings. The van der Waals surface area contributed by atoms with E-state index in [2.05, 4.69) is 22.5 Å². The number of nitrogens with zero attached hydrogens (tertiary/aromatic N) is 4. The van der Waals surface area contributed by atoms with Crippen LogP contribution >= 0.6 is 11.3 Å². The predicted molar refractivity (Wildman–Crippen MR) is 126 cm³/mol. The van der Waals surface area contributed by atoms with E-state index in [1.807, 2.05) is 18.2 Å². The molecular weight excluding hydrogens is 442 g/mol. The zero-order valence-corrected chi connectivity index (χ0v) is 18.9. The van der Waals surface area contributed by atoms with Gasteiger partial charge in [-0.15, -0.1) is 16.4 Å². The Balaban J connectivity index is 1.36. The van der Waals surface area contributed by atoms with Gasteiger partial charge >= 0.3 is 5.69 Å². The van der Waals surface area contributed by atoms with Gasteiger partial charge in [0.15, 0.2) is 0 Å². The summed E-state index contributed by atoms with van der Waals surface area (Å²) in [5.41, 5.74) is 1.11. The van der Waals surface area contributed by atoms with E-state index < -0.39 is 5.69 Å². The molecular formula is C23H25N5O4S. The van der Waals surface area contributed by atoms with Crippen LogP contribution in [0.5, 0.6) is 0 Å². The molecule has 0 radical (unpaired) electrons. The van der Waals surface area contributed by atoms with Crippen molar-refractivity contribution in [2.45, 2.75) is 44.9 Å². The lowest BCUT2D eigenvalue weighted by Crippen LogP contribution is -2.33. The smallest absolute Gasteiger partial charge is 0.352 e. The van der Waals surface area contributed by atoms with Gasteiger partial charge in [0.05, 0.1) is 18.2 Å². The normalized spacial score (nSPS) is 16.1. The number of aryl methyl sites for hydroxylation is 1. The maximum Gasteiger partial charge on any atom is 0.352 e. The molecule has 0 unspecified atom stereocenters. The second-order valence-electron chi connectivity index (χ2n) is 8.20. The molecule has 1 N–H and O–H groups in total. The molecule has 9 nitrogen and oxygen atoms in total. The van der Waals surface area contributed by atoms with Crippen molar-refractivity contribution in [1.82, 2.24) is 24.1 Å². The number of nitrogens with one attached hydrogen (secondary N) is 1. The summed E-state index contributed by atoms with van der Waals surface area (Å²) < 4.78 is 10.2. The van der Waals surface area contributed by atoms with Crippen molar-refractivity contribution < 1.29 is 9.53 Å². The summed E-state index contributed by atoms with van der Waals surface area (Å²) in [6, 6.07) is 11.8. The highest BCUT2D eigenvalue weighted by molar-refractivity contribution is 7.17. The molecule has 4 aromatic rings. The molecule has 1 saturated heterocycles. The van der Waals surface area contributed by atoms with Crippen LogP contribution < -0.4 is 16.6 Å². The fourth-order valence-electron chi connectivity index (χ4n) is 4.25. The quantitative estimate of drug-likeness (QED) is 0.399. The van der Waals surface area contributed by atoms with Gasteiger partial charge in [-0.05, 0) is 42.7 Å². The molecule has 0 aliphatic carbocycles. The minimum atomic E-state index is -0.436. The fourth-order valence-corrected chi connectivity index (χ4v) is 5.07. The lowest BCUT2D eigenvalue weighted by Gasteiger charge is -2.12. The largest absolute Gasteiger partial charge is 0.376 e. The first kappa shape index (κ1) is 21.6. The van der Waals surface area contributed by atoms with E-state index in [1.54, 1.807) is 11.4 Å². The van der Waals surface area contributed by atoms with Crippen LogP contribution in [-0.4, -0.2) is 43.9 Å². The number of ether oxygens (including phenoxy) is 1. The van der Waals surface area contributed by atoms with Gasteiger partial charge in [-0.2, -0.15) is 0 Å². The lowest BCUT2D eigenvalue weighted by molar-refractivity contribution is -0.121. The van der Waals surface area contributed by atoms with E-state index in [-0.39, 0.29) is 29.9 Å². The third-order valence-corrected chi connectivity index (χ3v) is 6.79. The van der Waals surface area contributed by atoms with Crippen LogP contribution in [0, 0.1) is 0 Å². The summed E-state index contributed by atoms with van der Waals surface area (Å²) in [5, 5.41) is 9.02. The van der Waals surface area contributed by atoms with Crippen LogP contribution in [0.1, 0.15) is 24.8 Å². The Kier molecular flexibility index (Phi) is 6.10. The summed E-state index contributed by atoms with van der Waals surface area (Å²) in [4.78, 5) is 38.7. The van der Waals surface area contributed by atoms with Gasteiger partial charge in [0.2, 0.25) is 11.7 Å². The van der Waals surface area contributed by atoms with Crippen molar-refractivity contribution >= 4 is 33.2 Å². The van der Waals surface area contributed by atoms with Crippen LogP contribution in [0.2, 0.25) is 0 Å². The highest BCUT2D eigenvalue weighted by Gasteiger charge is 2.23. The summed E-state index contributed by atoms with van der Waals surface area (Å²) in [6.45, 7) is 1.31. The highest BCUT2D eigenvalue weighted by Crippen LogP contribution is 2.19. The molecule has 5 rings (SSSR count). The molecule has 10 heteroatoms. The SMILES string of the molecule is O=C(Cn1nc2n(C[C@@H]3CCCO3)c(=O)c3sccc3n2c1=O)NCCCc1ccccc1. The zero-order valence-electron chi connectivity index (χ0n) is 18.1. The van der Waals surface area contributed by atoms with Crippen molar-refractivity contribution in [2.24, 2.45) is 0 Å². The Morgan fingerprint density at radius 2 is 2.06 bits per heavy atom. The number of thiophene rings is 1. The van der Waals surface area contributed by atoms with Gasteiger partial charge in [0.25, 0.3) is 5.56 Å². The lowest BCUT2D eigenvalue weighted by atomic mass is 10.1. The molecule has 4 heterocycles. The van der Waals surface area contributed by atoms with Crippen LogP contribution in [0.3, 0.4) is 0 Å².